The molecule has 28 heavy (non-hydrogen) atoms. The van der Waals surface area contributed by atoms with Gasteiger partial charge in [0, 0.05) is 17.8 Å². The maximum Gasteiger partial charge on any atom is 0.255 e. The van der Waals surface area contributed by atoms with Gasteiger partial charge in [0.15, 0.2) is 5.43 Å². The van der Waals surface area contributed by atoms with Crippen LogP contribution in [0.5, 0.6) is 5.75 Å². The van der Waals surface area contributed by atoms with Crippen molar-refractivity contribution in [1.82, 2.24) is 4.98 Å². The van der Waals surface area contributed by atoms with Gasteiger partial charge in [-0.05, 0) is 61.4 Å². The Balaban J connectivity index is 2.00. The molecule has 2 aromatic heterocycles. The minimum Gasteiger partial charge on any atom is -0.496 e. The second-order valence-electron chi connectivity index (χ2n) is 6.76. The Morgan fingerprint density at radius 2 is 1.79 bits per heavy atom. The number of aromatic nitrogens is 1. The Morgan fingerprint density at radius 3 is 2.54 bits per heavy atom. The number of aromatic amines is 1. The number of benzene rings is 2. The van der Waals surface area contributed by atoms with Crippen molar-refractivity contribution >= 4 is 11.0 Å². The lowest BCUT2D eigenvalue weighted by molar-refractivity contribution is 0.412. The first-order valence-corrected chi connectivity index (χ1v) is 8.89. The van der Waals surface area contributed by atoms with Crippen LogP contribution in [0.15, 0.2) is 68.7 Å². The highest BCUT2D eigenvalue weighted by molar-refractivity contribution is 5.82. The molecule has 0 aliphatic heterocycles. The Bertz CT molecular complexity index is 1310. The highest BCUT2D eigenvalue weighted by Gasteiger charge is 2.17. The molecular formula is C23H19NO4. The number of hydrogen-bond donors (Lipinski definition) is 1. The summed E-state index contributed by atoms with van der Waals surface area (Å²) in [5.74, 6) is 1.00. The third-order valence-electron chi connectivity index (χ3n) is 4.76. The topological polar surface area (TPSA) is 72.3 Å². The maximum atomic E-state index is 12.7. The molecule has 0 radical (unpaired) electrons. The van der Waals surface area contributed by atoms with Gasteiger partial charge < -0.3 is 14.1 Å². The quantitative estimate of drug-likeness (QED) is 0.576. The van der Waals surface area contributed by atoms with Crippen LogP contribution >= 0.6 is 0 Å². The van der Waals surface area contributed by atoms with Gasteiger partial charge in [0.05, 0.1) is 18.1 Å². The van der Waals surface area contributed by atoms with E-state index in [1.165, 1.54) is 6.07 Å². The van der Waals surface area contributed by atoms with Crippen molar-refractivity contribution < 1.29 is 9.15 Å². The van der Waals surface area contributed by atoms with E-state index in [9.17, 15) is 9.59 Å². The smallest absolute Gasteiger partial charge is 0.255 e. The minimum absolute atomic E-state index is 0.123. The Morgan fingerprint density at radius 1 is 0.964 bits per heavy atom. The molecule has 0 fully saturated rings. The number of aryl methyl sites for hydroxylation is 2. The van der Waals surface area contributed by atoms with E-state index >= 15 is 0 Å². The van der Waals surface area contributed by atoms with Crippen LogP contribution in [0.1, 0.15) is 11.1 Å². The van der Waals surface area contributed by atoms with Crippen LogP contribution in [0.4, 0.5) is 0 Å². The lowest BCUT2D eigenvalue weighted by atomic mass is 9.98. The van der Waals surface area contributed by atoms with Crippen molar-refractivity contribution in [3.8, 4) is 28.2 Å². The van der Waals surface area contributed by atoms with E-state index in [-0.39, 0.29) is 11.0 Å². The number of hydrogen-bond acceptors (Lipinski definition) is 4. The van der Waals surface area contributed by atoms with Crippen LogP contribution in [0.25, 0.3) is 33.4 Å². The molecule has 0 atom stereocenters. The molecule has 4 aromatic rings. The molecule has 5 heteroatoms. The number of ether oxygens (including phenoxy) is 1. The molecular weight excluding hydrogens is 354 g/mol. The number of nitrogens with one attached hydrogen (secondary N) is 1. The molecule has 0 unspecified atom stereocenters. The van der Waals surface area contributed by atoms with Crippen LogP contribution in [0, 0.1) is 13.8 Å². The van der Waals surface area contributed by atoms with Crippen molar-refractivity contribution in [3.63, 3.8) is 0 Å². The highest BCUT2D eigenvalue weighted by atomic mass is 16.5. The van der Waals surface area contributed by atoms with Gasteiger partial charge in [-0.2, -0.15) is 0 Å². The molecule has 5 nitrogen and oxygen atoms in total. The van der Waals surface area contributed by atoms with Gasteiger partial charge in [-0.15, -0.1) is 0 Å². The van der Waals surface area contributed by atoms with Crippen molar-refractivity contribution in [2.45, 2.75) is 13.8 Å². The van der Waals surface area contributed by atoms with Gasteiger partial charge in [-0.1, -0.05) is 11.6 Å². The van der Waals surface area contributed by atoms with Gasteiger partial charge in [0.25, 0.3) is 5.56 Å². The molecule has 0 bridgehead atoms. The Kier molecular flexibility index (Phi) is 4.35. The average Bonchev–Trinajstić information content (AvgIpc) is 2.68. The molecule has 0 saturated heterocycles. The zero-order valence-electron chi connectivity index (χ0n) is 15.8. The maximum absolute atomic E-state index is 12.7. The van der Waals surface area contributed by atoms with Gasteiger partial charge in [-0.3, -0.25) is 9.59 Å². The van der Waals surface area contributed by atoms with E-state index in [4.69, 9.17) is 9.15 Å². The third kappa shape index (κ3) is 3.01. The van der Waals surface area contributed by atoms with Gasteiger partial charge in [0.1, 0.15) is 17.1 Å². The number of rotatable bonds is 3. The SMILES string of the molecule is COc1c(C)cc(-c2ccc[nH]c2=O)cc1-c1cc(=O)c2cc(C)ccc2o1. The summed E-state index contributed by atoms with van der Waals surface area (Å²) in [5, 5.41) is 0.537. The van der Waals surface area contributed by atoms with E-state index in [0.717, 1.165) is 16.7 Å². The summed E-state index contributed by atoms with van der Waals surface area (Å²) < 4.78 is 11.6. The summed E-state index contributed by atoms with van der Waals surface area (Å²) in [6.07, 6.45) is 1.59. The summed E-state index contributed by atoms with van der Waals surface area (Å²) in [6.45, 7) is 3.82. The lowest BCUT2D eigenvalue weighted by Crippen LogP contribution is -2.07. The van der Waals surface area contributed by atoms with E-state index in [2.05, 4.69) is 4.98 Å². The number of fused-ring (bicyclic) bond motifs is 1. The summed E-state index contributed by atoms with van der Waals surface area (Å²) in [5.41, 5.74) is 3.92. The zero-order valence-corrected chi connectivity index (χ0v) is 15.8. The minimum atomic E-state index is -0.187. The van der Waals surface area contributed by atoms with E-state index in [0.29, 0.717) is 33.6 Å². The molecule has 1 N–H and O–H groups in total. The monoisotopic (exact) mass is 373 g/mol. The lowest BCUT2D eigenvalue weighted by Gasteiger charge is -2.14. The van der Waals surface area contributed by atoms with Crippen LogP contribution in [-0.4, -0.2) is 12.1 Å². The summed E-state index contributed by atoms with van der Waals surface area (Å²) in [4.78, 5) is 27.6. The Hall–Kier alpha value is -3.60. The first-order chi connectivity index (χ1) is 13.5. The molecule has 2 aromatic carbocycles. The zero-order chi connectivity index (χ0) is 19.8. The second-order valence-corrected chi connectivity index (χ2v) is 6.76. The molecule has 4 rings (SSSR count). The van der Waals surface area contributed by atoms with Crippen molar-refractivity contribution in [1.29, 1.82) is 0 Å². The predicted molar refractivity (Wildman–Crippen MR) is 110 cm³/mol. The van der Waals surface area contributed by atoms with Crippen LogP contribution in [0.2, 0.25) is 0 Å². The molecule has 2 heterocycles. The molecule has 0 spiro atoms. The standard InChI is InChI=1S/C23H19NO4/c1-13-6-7-20-17(9-13)19(25)12-21(28-20)18-11-15(10-14(2)22(18)27-3)16-5-4-8-24-23(16)26/h4-12H,1-3H3,(H,24,26). The molecule has 0 aliphatic carbocycles. The normalized spacial score (nSPS) is 11.0. The van der Waals surface area contributed by atoms with E-state index in [1.807, 2.05) is 38.1 Å². The first-order valence-electron chi connectivity index (χ1n) is 8.89. The highest BCUT2D eigenvalue weighted by Crippen LogP contribution is 2.37. The number of methoxy groups -OCH3 is 1. The first kappa shape index (κ1) is 17.8. The van der Waals surface area contributed by atoms with Crippen LogP contribution in [-0.2, 0) is 0 Å². The van der Waals surface area contributed by atoms with Crippen LogP contribution < -0.4 is 15.7 Å². The van der Waals surface area contributed by atoms with E-state index < -0.39 is 0 Å². The third-order valence-corrected chi connectivity index (χ3v) is 4.76. The molecule has 140 valence electrons. The van der Waals surface area contributed by atoms with Crippen molar-refractivity contribution in [3.05, 3.63) is 86.4 Å². The fourth-order valence-corrected chi connectivity index (χ4v) is 3.44. The largest absolute Gasteiger partial charge is 0.496 e. The Labute approximate surface area is 161 Å². The van der Waals surface area contributed by atoms with E-state index in [1.54, 1.807) is 31.5 Å². The summed E-state index contributed by atoms with van der Waals surface area (Å²) in [6, 6.07) is 14.2. The predicted octanol–water partition coefficient (Wildman–Crippen LogP) is 4.44. The van der Waals surface area contributed by atoms with Crippen molar-refractivity contribution in [2.24, 2.45) is 0 Å². The molecule has 0 aliphatic rings. The summed E-state index contributed by atoms with van der Waals surface area (Å²) >= 11 is 0. The molecule has 0 amide bonds. The summed E-state index contributed by atoms with van der Waals surface area (Å²) in [7, 11) is 1.57. The number of H-pyrrole nitrogens is 1. The van der Waals surface area contributed by atoms with Gasteiger partial charge in [0.2, 0.25) is 0 Å². The number of pyridine rings is 1. The van der Waals surface area contributed by atoms with Crippen LogP contribution in [0.3, 0.4) is 0 Å². The second kappa shape index (κ2) is 6.85. The molecule has 0 saturated carbocycles. The van der Waals surface area contributed by atoms with Crippen molar-refractivity contribution in [2.75, 3.05) is 7.11 Å². The van der Waals surface area contributed by atoms with Gasteiger partial charge >= 0.3 is 0 Å². The van der Waals surface area contributed by atoms with Gasteiger partial charge in [-0.25, -0.2) is 0 Å². The fraction of sp³-hybridized carbons (Fsp3) is 0.130. The fourth-order valence-electron chi connectivity index (χ4n) is 3.44. The average molecular weight is 373 g/mol.